The molecule has 6 nitrogen and oxygen atoms in total. The number of carbonyl (C=O) groups is 3. The fraction of sp³-hybridized carbons (Fsp3) is 0.286. The summed E-state index contributed by atoms with van der Waals surface area (Å²) in [7, 11) is 0. The highest BCUT2D eigenvalue weighted by Gasteiger charge is 2.33. The van der Waals surface area contributed by atoms with Gasteiger partial charge in [-0.3, -0.25) is 14.4 Å². The van der Waals surface area contributed by atoms with E-state index in [2.05, 4.69) is 10.6 Å². The number of nitrogens with zero attached hydrogens (tertiary/aromatic N) is 1. The van der Waals surface area contributed by atoms with Crippen LogP contribution in [-0.2, 0) is 16.1 Å². The molecule has 1 fully saturated rings. The maximum atomic E-state index is 12.4. The number of benzene rings is 2. The summed E-state index contributed by atoms with van der Waals surface area (Å²) >= 11 is 11.9. The van der Waals surface area contributed by atoms with Gasteiger partial charge in [-0.2, -0.15) is 0 Å². The van der Waals surface area contributed by atoms with Gasteiger partial charge in [0.15, 0.2) is 0 Å². The van der Waals surface area contributed by atoms with Crippen LogP contribution < -0.4 is 10.6 Å². The zero-order chi connectivity index (χ0) is 20.8. The van der Waals surface area contributed by atoms with Crippen molar-refractivity contribution in [2.75, 3.05) is 19.6 Å². The van der Waals surface area contributed by atoms with Crippen molar-refractivity contribution in [1.82, 2.24) is 15.5 Å². The van der Waals surface area contributed by atoms with Crippen molar-refractivity contribution in [1.29, 1.82) is 0 Å². The predicted octanol–water partition coefficient (Wildman–Crippen LogP) is 2.89. The highest BCUT2D eigenvalue weighted by Crippen LogP contribution is 2.21. The Hall–Kier alpha value is -2.57. The molecule has 2 aromatic carbocycles. The van der Waals surface area contributed by atoms with E-state index >= 15 is 0 Å². The highest BCUT2D eigenvalue weighted by molar-refractivity contribution is 6.35. The van der Waals surface area contributed by atoms with Crippen LogP contribution in [0.15, 0.2) is 48.5 Å². The Balaban J connectivity index is 1.42. The van der Waals surface area contributed by atoms with Crippen LogP contribution >= 0.6 is 23.2 Å². The molecule has 1 heterocycles. The number of likely N-dealkylation sites (tertiary alicyclic amines) is 1. The van der Waals surface area contributed by atoms with Crippen molar-refractivity contribution < 1.29 is 14.4 Å². The van der Waals surface area contributed by atoms with Crippen LogP contribution in [0, 0.1) is 5.92 Å². The summed E-state index contributed by atoms with van der Waals surface area (Å²) in [6, 6.07) is 14.3. The quantitative estimate of drug-likeness (QED) is 0.658. The topological polar surface area (TPSA) is 78.5 Å². The average Bonchev–Trinajstić information content (AvgIpc) is 3.08. The van der Waals surface area contributed by atoms with Gasteiger partial charge in [-0.25, -0.2) is 0 Å². The first-order valence-electron chi connectivity index (χ1n) is 9.26. The molecule has 1 aliphatic rings. The second-order valence-corrected chi connectivity index (χ2v) is 7.68. The first-order valence-corrected chi connectivity index (χ1v) is 10.0. The molecule has 0 saturated carbocycles. The lowest BCUT2D eigenvalue weighted by Crippen LogP contribution is -2.38. The van der Waals surface area contributed by atoms with Crippen molar-refractivity contribution in [2.45, 2.75) is 13.0 Å². The molecule has 3 rings (SSSR count). The zero-order valence-electron chi connectivity index (χ0n) is 15.7. The van der Waals surface area contributed by atoms with E-state index in [0.717, 1.165) is 5.56 Å². The maximum Gasteiger partial charge on any atom is 0.252 e. The molecule has 0 aromatic heterocycles. The lowest BCUT2D eigenvalue weighted by molar-refractivity contribution is -0.129. The molecular formula is C21H21Cl2N3O3. The minimum Gasteiger partial charge on any atom is -0.354 e. The fourth-order valence-corrected chi connectivity index (χ4v) is 3.55. The fourth-order valence-electron chi connectivity index (χ4n) is 3.18. The van der Waals surface area contributed by atoms with Crippen molar-refractivity contribution >= 4 is 40.9 Å². The van der Waals surface area contributed by atoms with Gasteiger partial charge in [-0.1, -0.05) is 53.5 Å². The maximum absolute atomic E-state index is 12.4. The van der Waals surface area contributed by atoms with E-state index in [1.807, 2.05) is 30.3 Å². The van der Waals surface area contributed by atoms with Gasteiger partial charge in [0.1, 0.15) is 0 Å². The third-order valence-corrected chi connectivity index (χ3v) is 5.25. The number of carbonyl (C=O) groups excluding carboxylic acids is 3. The monoisotopic (exact) mass is 433 g/mol. The number of hydrogen-bond donors (Lipinski definition) is 2. The molecule has 0 aliphatic carbocycles. The van der Waals surface area contributed by atoms with E-state index in [9.17, 15) is 14.4 Å². The van der Waals surface area contributed by atoms with Crippen LogP contribution in [0.1, 0.15) is 22.3 Å². The molecule has 0 spiro atoms. The lowest BCUT2D eigenvalue weighted by atomic mass is 10.1. The minimum atomic E-state index is -0.385. The van der Waals surface area contributed by atoms with Gasteiger partial charge >= 0.3 is 0 Å². The molecule has 8 heteroatoms. The Bertz CT molecular complexity index is 905. The normalized spacial score (nSPS) is 16.0. The van der Waals surface area contributed by atoms with Crippen molar-refractivity contribution in [3.8, 4) is 0 Å². The molecule has 3 amide bonds. The van der Waals surface area contributed by atoms with Gasteiger partial charge in [0.05, 0.1) is 16.5 Å². The Morgan fingerprint density at radius 3 is 2.52 bits per heavy atom. The third-order valence-electron chi connectivity index (χ3n) is 4.68. The van der Waals surface area contributed by atoms with E-state index in [4.69, 9.17) is 23.2 Å². The van der Waals surface area contributed by atoms with Crippen molar-refractivity contribution in [2.24, 2.45) is 5.92 Å². The van der Waals surface area contributed by atoms with Crippen LogP contribution in [-0.4, -0.2) is 42.3 Å². The van der Waals surface area contributed by atoms with Gasteiger partial charge in [0.2, 0.25) is 11.8 Å². The van der Waals surface area contributed by atoms with Gasteiger partial charge in [-0.15, -0.1) is 0 Å². The van der Waals surface area contributed by atoms with Crippen molar-refractivity contribution in [3.05, 3.63) is 69.7 Å². The Morgan fingerprint density at radius 1 is 1.03 bits per heavy atom. The predicted molar refractivity (Wildman–Crippen MR) is 112 cm³/mol. The molecule has 1 unspecified atom stereocenters. The molecular weight excluding hydrogens is 413 g/mol. The largest absolute Gasteiger partial charge is 0.354 e. The molecule has 152 valence electrons. The van der Waals surface area contributed by atoms with Gasteiger partial charge in [0, 0.05) is 37.6 Å². The van der Waals surface area contributed by atoms with E-state index < -0.39 is 0 Å². The van der Waals surface area contributed by atoms with Crippen LogP contribution in [0.5, 0.6) is 0 Å². The third kappa shape index (κ3) is 5.71. The first-order chi connectivity index (χ1) is 13.9. The van der Waals surface area contributed by atoms with Gasteiger partial charge < -0.3 is 15.5 Å². The standard InChI is InChI=1S/C21H21Cl2N3O3/c22-16-6-7-18(23)17(11-16)21(29)25-9-8-24-20(28)15-10-19(27)26(13-15)12-14-4-2-1-3-5-14/h1-7,11,15H,8-10,12-13H2,(H,24,28)(H,25,29). The summed E-state index contributed by atoms with van der Waals surface area (Å²) in [6.07, 6.45) is 0.198. The van der Waals surface area contributed by atoms with Gasteiger partial charge in [-0.05, 0) is 23.8 Å². The molecule has 0 bridgehead atoms. The Labute approximate surface area is 179 Å². The first kappa shape index (κ1) is 21.1. The lowest BCUT2D eigenvalue weighted by Gasteiger charge is -2.16. The van der Waals surface area contributed by atoms with Crippen LogP contribution in [0.25, 0.3) is 0 Å². The molecule has 1 aliphatic heterocycles. The molecule has 2 N–H and O–H groups in total. The summed E-state index contributed by atoms with van der Waals surface area (Å²) in [4.78, 5) is 38.4. The number of halogens is 2. The van der Waals surface area contributed by atoms with Gasteiger partial charge in [0.25, 0.3) is 5.91 Å². The second-order valence-electron chi connectivity index (χ2n) is 6.83. The van der Waals surface area contributed by atoms with Crippen LogP contribution in [0.4, 0.5) is 0 Å². The Kier molecular flexibility index (Phi) is 7.12. The highest BCUT2D eigenvalue weighted by atomic mass is 35.5. The smallest absolute Gasteiger partial charge is 0.252 e. The summed E-state index contributed by atoms with van der Waals surface area (Å²) in [5.41, 5.74) is 1.31. The molecule has 1 saturated heterocycles. The summed E-state index contributed by atoms with van der Waals surface area (Å²) in [6.45, 7) is 1.39. The number of hydrogen-bond acceptors (Lipinski definition) is 3. The minimum absolute atomic E-state index is 0.0297. The van der Waals surface area contributed by atoms with E-state index in [0.29, 0.717) is 23.1 Å². The second kappa shape index (κ2) is 9.76. The molecule has 2 aromatic rings. The molecule has 29 heavy (non-hydrogen) atoms. The summed E-state index contributed by atoms with van der Waals surface area (Å²) < 4.78 is 0. The van der Waals surface area contributed by atoms with Crippen LogP contribution in [0.2, 0.25) is 10.0 Å². The van der Waals surface area contributed by atoms with Crippen molar-refractivity contribution in [3.63, 3.8) is 0 Å². The summed E-state index contributed by atoms with van der Waals surface area (Å²) in [5.74, 6) is -0.969. The SMILES string of the molecule is O=C(NCCNC(=O)C1CC(=O)N(Cc2ccccc2)C1)c1cc(Cl)ccc1Cl. The number of rotatable bonds is 7. The van der Waals surface area contributed by atoms with E-state index in [1.165, 1.54) is 6.07 Å². The van der Waals surface area contributed by atoms with E-state index in [1.54, 1.807) is 17.0 Å². The number of amides is 3. The Morgan fingerprint density at radius 2 is 1.76 bits per heavy atom. The number of nitrogens with one attached hydrogen (secondary N) is 2. The van der Waals surface area contributed by atoms with Crippen LogP contribution in [0.3, 0.4) is 0 Å². The summed E-state index contributed by atoms with van der Waals surface area (Å²) in [5, 5.41) is 6.18. The molecule has 0 radical (unpaired) electrons. The van der Waals surface area contributed by atoms with E-state index in [-0.39, 0.29) is 48.7 Å². The average molecular weight is 434 g/mol. The zero-order valence-corrected chi connectivity index (χ0v) is 17.2. The molecule has 1 atom stereocenters.